The minimum atomic E-state index is -0.740. The highest BCUT2D eigenvalue weighted by atomic mass is 16.5. The zero-order chi connectivity index (χ0) is 13.7. The summed E-state index contributed by atoms with van der Waals surface area (Å²) < 4.78 is 5.97. The summed E-state index contributed by atoms with van der Waals surface area (Å²) in [7, 11) is 0. The van der Waals surface area contributed by atoms with E-state index in [-0.39, 0.29) is 6.10 Å². The fourth-order valence-corrected chi connectivity index (χ4v) is 3.39. The van der Waals surface area contributed by atoms with Crippen LogP contribution in [0.3, 0.4) is 0 Å². The van der Waals surface area contributed by atoms with Crippen LogP contribution in [0.25, 0.3) is 0 Å². The molecule has 2 atom stereocenters. The fraction of sp³-hybridized carbons (Fsp3) is 0.933. The van der Waals surface area contributed by atoms with Gasteiger partial charge in [-0.3, -0.25) is 4.79 Å². The Hall–Kier alpha value is -0.610. The van der Waals surface area contributed by atoms with Gasteiger partial charge in [0.2, 0.25) is 0 Å². The summed E-state index contributed by atoms with van der Waals surface area (Å²) >= 11 is 0. The topological polar surface area (TPSA) is 58.6 Å². The number of hydrogen-bond acceptors (Lipinski definition) is 3. The largest absolute Gasteiger partial charge is 0.480 e. The second-order valence-electron chi connectivity index (χ2n) is 6.16. The maximum atomic E-state index is 11.5. The quantitative estimate of drug-likeness (QED) is 0.746. The molecule has 2 aliphatic rings. The van der Waals surface area contributed by atoms with Gasteiger partial charge in [0.05, 0.1) is 6.10 Å². The van der Waals surface area contributed by atoms with E-state index < -0.39 is 11.5 Å². The van der Waals surface area contributed by atoms with Crippen molar-refractivity contribution >= 4 is 5.97 Å². The Bertz CT molecular complexity index is 302. The van der Waals surface area contributed by atoms with Crippen molar-refractivity contribution in [3.63, 3.8) is 0 Å². The summed E-state index contributed by atoms with van der Waals surface area (Å²) in [5.74, 6) is -0.00338. The van der Waals surface area contributed by atoms with Gasteiger partial charge < -0.3 is 15.2 Å². The van der Waals surface area contributed by atoms with Crippen molar-refractivity contribution in [2.75, 3.05) is 13.2 Å². The average molecular weight is 269 g/mol. The molecule has 2 aliphatic carbocycles. The lowest BCUT2D eigenvalue weighted by Crippen LogP contribution is -2.50. The molecule has 0 bridgehead atoms. The van der Waals surface area contributed by atoms with Crippen LogP contribution in [0, 0.1) is 5.92 Å². The van der Waals surface area contributed by atoms with E-state index in [2.05, 4.69) is 12.2 Å². The second kappa shape index (κ2) is 6.71. The van der Waals surface area contributed by atoms with E-state index in [1.807, 2.05) is 0 Å². The number of nitrogens with one attached hydrogen (secondary N) is 1. The predicted molar refractivity (Wildman–Crippen MR) is 74.2 cm³/mol. The maximum Gasteiger partial charge on any atom is 0.323 e. The van der Waals surface area contributed by atoms with Gasteiger partial charge in [-0.05, 0) is 44.6 Å². The Balaban J connectivity index is 1.80. The Morgan fingerprint density at radius 2 is 2.11 bits per heavy atom. The van der Waals surface area contributed by atoms with E-state index in [0.717, 1.165) is 26.0 Å². The molecule has 2 saturated carbocycles. The number of carboxylic acid groups (broad SMARTS) is 1. The van der Waals surface area contributed by atoms with Crippen LogP contribution in [-0.4, -0.2) is 35.9 Å². The van der Waals surface area contributed by atoms with Crippen LogP contribution >= 0.6 is 0 Å². The molecule has 2 N–H and O–H groups in total. The van der Waals surface area contributed by atoms with Crippen LogP contribution in [0.5, 0.6) is 0 Å². The fourth-order valence-electron chi connectivity index (χ4n) is 3.39. The standard InChI is InChI=1S/C15H27NO3/c1-2-9-16-15(14(17)18)8-7-13(10-15)19-11-12-5-3-4-6-12/h12-13,16H,2-11H2,1H3,(H,17,18). The summed E-state index contributed by atoms with van der Waals surface area (Å²) in [6, 6.07) is 0. The van der Waals surface area contributed by atoms with Crippen LogP contribution in [-0.2, 0) is 9.53 Å². The summed E-state index contributed by atoms with van der Waals surface area (Å²) in [5, 5.41) is 12.7. The van der Waals surface area contributed by atoms with Crippen LogP contribution in [0.4, 0.5) is 0 Å². The Morgan fingerprint density at radius 3 is 2.74 bits per heavy atom. The van der Waals surface area contributed by atoms with Gasteiger partial charge >= 0.3 is 5.97 Å². The normalized spacial score (nSPS) is 31.9. The van der Waals surface area contributed by atoms with Crippen molar-refractivity contribution in [1.82, 2.24) is 5.32 Å². The Kier molecular flexibility index (Phi) is 5.22. The van der Waals surface area contributed by atoms with Crippen LogP contribution in [0.2, 0.25) is 0 Å². The minimum Gasteiger partial charge on any atom is -0.480 e. The summed E-state index contributed by atoms with van der Waals surface area (Å²) in [6.45, 7) is 3.65. The highest BCUT2D eigenvalue weighted by molar-refractivity contribution is 5.79. The van der Waals surface area contributed by atoms with Gasteiger partial charge in [-0.25, -0.2) is 0 Å². The first-order valence-electron chi connectivity index (χ1n) is 7.76. The lowest BCUT2D eigenvalue weighted by atomic mass is 9.97. The molecule has 0 amide bonds. The van der Waals surface area contributed by atoms with Crippen molar-refractivity contribution in [2.24, 2.45) is 5.92 Å². The Morgan fingerprint density at radius 1 is 1.37 bits per heavy atom. The zero-order valence-electron chi connectivity index (χ0n) is 12.0. The molecule has 19 heavy (non-hydrogen) atoms. The predicted octanol–water partition coefficient (Wildman–Crippen LogP) is 2.57. The molecule has 0 heterocycles. The molecule has 0 spiro atoms. The van der Waals surface area contributed by atoms with Gasteiger partial charge in [-0.15, -0.1) is 0 Å². The number of ether oxygens (including phenoxy) is 1. The van der Waals surface area contributed by atoms with Gasteiger partial charge in [-0.2, -0.15) is 0 Å². The number of aliphatic carboxylic acids is 1. The van der Waals surface area contributed by atoms with E-state index in [1.165, 1.54) is 25.7 Å². The molecule has 110 valence electrons. The van der Waals surface area contributed by atoms with Crippen molar-refractivity contribution in [1.29, 1.82) is 0 Å². The molecule has 4 heteroatoms. The third-order valence-corrected chi connectivity index (χ3v) is 4.63. The van der Waals surface area contributed by atoms with E-state index in [9.17, 15) is 9.90 Å². The summed E-state index contributed by atoms with van der Waals surface area (Å²) in [5.41, 5.74) is -0.740. The van der Waals surface area contributed by atoms with Gasteiger partial charge in [0, 0.05) is 13.0 Å². The first kappa shape index (κ1) is 14.8. The first-order chi connectivity index (χ1) is 9.16. The van der Waals surface area contributed by atoms with E-state index in [4.69, 9.17) is 4.74 Å². The second-order valence-corrected chi connectivity index (χ2v) is 6.16. The van der Waals surface area contributed by atoms with Gasteiger partial charge in [0.25, 0.3) is 0 Å². The van der Waals surface area contributed by atoms with Crippen molar-refractivity contribution in [3.05, 3.63) is 0 Å². The smallest absolute Gasteiger partial charge is 0.323 e. The first-order valence-corrected chi connectivity index (χ1v) is 7.76. The molecule has 0 aromatic heterocycles. The molecule has 0 aromatic carbocycles. The van der Waals surface area contributed by atoms with Crippen molar-refractivity contribution in [2.45, 2.75) is 69.9 Å². The third kappa shape index (κ3) is 3.69. The third-order valence-electron chi connectivity index (χ3n) is 4.63. The van der Waals surface area contributed by atoms with Gasteiger partial charge in [0.1, 0.15) is 5.54 Å². The lowest BCUT2D eigenvalue weighted by molar-refractivity contribution is -0.145. The zero-order valence-corrected chi connectivity index (χ0v) is 12.0. The number of hydrogen-bond donors (Lipinski definition) is 2. The highest BCUT2D eigenvalue weighted by Gasteiger charge is 2.45. The van der Waals surface area contributed by atoms with Crippen LogP contribution in [0.1, 0.15) is 58.3 Å². The Labute approximate surface area is 115 Å². The van der Waals surface area contributed by atoms with E-state index in [1.54, 1.807) is 0 Å². The molecule has 0 aromatic rings. The molecule has 2 rings (SSSR count). The molecule has 2 fully saturated rings. The average Bonchev–Trinajstić information content (AvgIpc) is 3.04. The monoisotopic (exact) mass is 269 g/mol. The van der Waals surface area contributed by atoms with E-state index >= 15 is 0 Å². The minimum absolute atomic E-state index is 0.126. The van der Waals surface area contributed by atoms with Crippen LogP contribution < -0.4 is 5.32 Å². The molecule has 2 unspecified atom stereocenters. The molecule has 0 radical (unpaired) electrons. The van der Waals surface area contributed by atoms with Crippen molar-refractivity contribution in [3.8, 4) is 0 Å². The van der Waals surface area contributed by atoms with Crippen molar-refractivity contribution < 1.29 is 14.6 Å². The molecular formula is C15H27NO3. The summed E-state index contributed by atoms with van der Waals surface area (Å²) in [4.78, 5) is 11.5. The van der Waals surface area contributed by atoms with E-state index in [0.29, 0.717) is 18.8 Å². The molecule has 4 nitrogen and oxygen atoms in total. The number of rotatable bonds is 7. The lowest BCUT2D eigenvalue weighted by Gasteiger charge is -2.26. The SMILES string of the molecule is CCCNC1(C(=O)O)CCC(OCC2CCCC2)C1. The van der Waals surface area contributed by atoms with Gasteiger partial charge in [0.15, 0.2) is 0 Å². The highest BCUT2D eigenvalue weighted by Crippen LogP contribution is 2.34. The number of carboxylic acids is 1. The maximum absolute atomic E-state index is 11.5. The van der Waals surface area contributed by atoms with Gasteiger partial charge in [-0.1, -0.05) is 19.8 Å². The van der Waals surface area contributed by atoms with Crippen LogP contribution in [0.15, 0.2) is 0 Å². The molecular weight excluding hydrogens is 242 g/mol. The molecule has 0 aliphatic heterocycles. The molecule has 0 saturated heterocycles. The summed E-state index contributed by atoms with van der Waals surface area (Å²) in [6.07, 6.45) is 8.49. The number of carbonyl (C=O) groups is 1.